The maximum absolute atomic E-state index is 6.07. The van der Waals surface area contributed by atoms with Gasteiger partial charge < -0.3 is 10.2 Å². The van der Waals surface area contributed by atoms with Gasteiger partial charge in [0, 0.05) is 30.2 Å². The summed E-state index contributed by atoms with van der Waals surface area (Å²) in [5, 5.41) is 4.19. The number of aromatic nitrogens is 1. The topological polar surface area (TPSA) is 28.2 Å². The fourth-order valence-corrected chi connectivity index (χ4v) is 2.73. The van der Waals surface area contributed by atoms with Gasteiger partial charge in [-0.3, -0.25) is 0 Å². The van der Waals surface area contributed by atoms with Gasteiger partial charge in [0.05, 0.1) is 11.4 Å². The predicted octanol–water partition coefficient (Wildman–Crippen LogP) is 4.04. The minimum atomic E-state index is 0.740. The van der Waals surface area contributed by atoms with E-state index in [2.05, 4.69) is 29.3 Å². The minimum absolute atomic E-state index is 0.740. The van der Waals surface area contributed by atoms with Gasteiger partial charge in [-0.2, -0.15) is 0 Å². The number of hydrogen-bond acceptors (Lipinski definition) is 3. The van der Waals surface area contributed by atoms with Crippen LogP contribution in [0.25, 0.3) is 11.3 Å². The Morgan fingerprint density at radius 2 is 2.20 bits per heavy atom. The van der Waals surface area contributed by atoms with Crippen LogP contribution in [0.4, 0.5) is 11.5 Å². The van der Waals surface area contributed by atoms with Crippen molar-refractivity contribution in [3.63, 3.8) is 0 Å². The molecule has 0 spiro atoms. The predicted molar refractivity (Wildman–Crippen MR) is 85.7 cm³/mol. The van der Waals surface area contributed by atoms with Gasteiger partial charge in [-0.05, 0) is 37.6 Å². The first-order chi connectivity index (χ1) is 9.78. The van der Waals surface area contributed by atoms with Crippen LogP contribution in [0.5, 0.6) is 0 Å². The maximum Gasteiger partial charge on any atom is 0.152 e. The van der Waals surface area contributed by atoms with E-state index in [1.807, 2.05) is 24.3 Å². The summed E-state index contributed by atoms with van der Waals surface area (Å²) in [5.74, 6) is 1.04. The van der Waals surface area contributed by atoms with Crippen molar-refractivity contribution in [3.05, 3.63) is 41.4 Å². The van der Waals surface area contributed by atoms with Gasteiger partial charge in [0.15, 0.2) is 5.82 Å². The molecule has 0 amide bonds. The van der Waals surface area contributed by atoms with Crippen LogP contribution in [-0.2, 0) is 0 Å². The van der Waals surface area contributed by atoms with Crippen molar-refractivity contribution in [2.45, 2.75) is 13.3 Å². The van der Waals surface area contributed by atoms with Gasteiger partial charge >= 0.3 is 0 Å². The molecule has 1 aliphatic rings. The number of hydrogen-bond donors (Lipinski definition) is 1. The lowest BCUT2D eigenvalue weighted by atomic mass is 10.1. The molecule has 4 heteroatoms. The first-order valence-corrected chi connectivity index (χ1v) is 7.41. The highest BCUT2D eigenvalue weighted by Crippen LogP contribution is 2.30. The van der Waals surface area contributed by atoms with Crippen molar-refractivity contribution in [2.75, 3.05) is 29.9 Å². The highest BCUT2D eigenvalue weighted by Gasteiger charge is 2.16. The third-order valence-electron chi connectivity index (χ3n) is 3.60. The van der Waals surface area contributed by atoms with E-state index in [1.165, 1.54) is 0 Å². The van der Waals surface area contributed by atoms with E-state index in [0.29, 0.717) is 0 Å². The number of benzene rings is 1. The van der Waals surface area contributed by atoms with Crippen LogP contribution in [0, 0.1) is 0 Å². The summed E-state index contributed by atoms with van der Waals surface area (Å²) in [6, 6.07) is 12.0. The number of pyridine rings is 1. The molecule has 2 heterocycles. The smallest absolute Gasteiger partial charge is 0.152 e. The molecule has 1 N–H and O–H groups in total. The molecule has 0 saturated heterocycles. The Kier molecular flexibility index (Phi) is 3.79. The summed E-state index contributed by atoms with van der Waals surface area (Å²) in [7, 11) is 0. The molecule has 0 fully saturated rings. The number of halogens is 1. The molecule has 0 unspecified atom stereocenters. The van der Waals surface area contributed by atoms with Crippen LogP contribution in [0.3, 0.4) is 0 Å². The van der Waals surface area contributed by atoms with E-state index in [1.54, 1.807) is 0 Å². The summed E-state index contributed by atoms with van der Waals surface area (Å²) in [5.41, 5.74) is 3.14. The molecule has 1 aromatic carbocycles. The van der Waals surface area contributed by atoms with Crippen LogP contribution < -0.4 is 10.2 Å². The Morgan fingerprint density at radius 3 is 3.00 bits per heavy atom. The average molecular weight is 288 g/mol. The summed E-state index contributed by atoms with van der Waals surface area (Å²) in [4.78, 5) is 7.16. The molecule has 104 valence electrons. The second kappa shape index (κ2) is 5.71. The van der Waals surface area contributed by atoms with Crippen molar-refractivity contribution in [1.82, 2.24) is 4.98 Å². The standard InChI is InChI=1S/C16H18ClN3/c1-2-20-10-4-9-18-15-8-7-14(19-16(15)20)12-5-3-6-13(17)11-12/h3,5-8,11,18H,2,4,9-10H2,1H3. The Morgan fingerprint density at radius 1 is 1.30 bits per heavy atom. The number of nitrogens with zero attached hydrogens (tertiary/aromatic N) is 2. The molecule has 0 saturated carbocycles. The Bertz CT molecular complexity index is 612. The largest absolute Gasteiger partial charge is 0.382 e. The lowest BCUT2D eigenvalue weighted by Crippen LogP contribution is -2.24. The molecule has 0 aliphatic carbocycles. The molecule has 1 aromatic heterocycles. The first kappa shape index (κ1) is 13.3. The van der Waals surface area contributed by atoms with Crippen molar-refractivity contribution < 1.29 is 0 Å². The second-order valence-electron chi connectivity index (χ2n) is 4.94. The number of anilines is 2. The second-order valence-corrected chi connectivity index (χ2v) is 5.37. The molecular formula is C16H18ClN3. The average Bonchev–Trinajstić information content (AvgIpc) is 2.68. The van der Waals surface area contributed by atoms with Crippen LogP contribution in [0.15, 0.2) is 36.4 Å². The Hall–Kier alpha value is -1.74. The monoisotopic (exact) mass is 287 g/mol. The number of rotatable bonds is 2. The third-order valence-corrected chi connectivity index (χ3v) is 3.83. The van der Waals surface area contributed by atoms with Crippen LogP contribution in [0.2, 0.25) is 5.02 Å². The van der Waals surface area contributed by atoms with Crippen LogP contribution in [0.1, 0.15) is 13.3 Å². The molecule has 3 nitrogen and oxygen atoms in total. The van der Waals surface area contributed by atoms with Gasteiger partial charge in [-0.1, -0.05) is 23.7 Å². The summed E-state index contributed by atoms with van der Waals surface area (Å²) in [6.45, 7) is 5.19. The van der Waals surface area contributed by atoms with E-state index in [4.69, 9.17) is 16.6 Å². The Labute approximate surface area is 124 Å². The fourth-order valence-electron chi connectivity index (χ4n) is 2.54. The van der Waals surface area contributed by atoms with Crippen LogP contribution >= 0.6 is 11.6 Å². The van der Waals surface area contributed by atoms with E-state index >= 15 is 0 Å². The highest BCUT2D eigenvalue weighted by molar-refractivity contribution is 6.30. The first-order valence-electron chi connectivity index (χ1n) is 7.03. The lowest BCUT2D eigenvalue weighted by Gasteiger charge is -2.21. The fraction of sp³-hybridized carbons (Fsp3) is 0.312. The molecular weight excluding hydrogens is 270 g/mol. The zero-order chi connectivity index (χ0) is 13.9. The minimum Gasteiger partial charge on any atom is -0.382 e. The third kappa shape index (κ3) is 2.59. The number of nitrogens with one attached hydrogen (secondary N) is 1. The molecule has 0 bridgehead atoms. The Balaban J connectivity index is 2.05. The molecule has 1 aliphatic heterocycles. The van der Waals surface area contributed by atoms with Crippen molar-refractivity contribution in [3.8, 4) is 11.3 Å². The normalized spacial score (nSPS) is 14.4. The SMILES string of the molecule is CCN1CCCNc2ccc(-c3cccc(Cl)c3)nc21. The molecule has 20 heavy (non-hydrogen) atoms. The van der Waals surface area contributed by atoms with E-state index in [-0.39, 0.29) is 0 Å². The van der Waals surface area contributed by atoms with E-state index < -0.39 is 0 Å². The molecule has 0 atom stereocenters. The zero-order valence-electron chi connectivity index (χ0n) is 11.6. The van der Waals surface area contributed by atoms with Gasteiger partial charge in [-0.25, -0.2) is 4.98 Å². The summed E-state index contributed by atoms with van der Waals surface area (Å²) in [6.07, 6.45) is 1.14. The number of fused-ring (bicyclic) bond motifs is 1. The molecule has 2 aromatic rings. The van der Waals surface area contributed by atoms with E-state index in [0.717, 1.165) is 53.8 Å². The van der Waals surface area contributed by atoms with E-state index in [9.17, 15) is 0 Å². The van der Waals surface area contributed by atoms with Gasteiger partial charge in [-0.15, -0.1) is 0 Å². The van der Waals surface area contributed by atoms with Crippen molar-refractivity contribution in [1.29, 1.82) is 0 Å². The summed E-state index contributed by atoms with van der Waals surface area (Å²) < 4.78 is 0. The van der Waals surface area contributed by atoms with Crippen molar-refractivity contribution in [2.24, 2.45) is 0 Å². The lowest BCUT2D eigenvalue weighted by molar-refractivity contribution is 0.777. The molecule has 3 rings (SSSR count). The van der Waals surface area contributed by atoms with Gasteiger partial charge in [0.1, 0.15) is 0 Å². The van der Waals surface area contributed by atoms with Crippen molar-refractivity contribution >= 4 is 23.1 Å². The van der Waals surface area contributed by atoms with Crippen LogP contribution in [-0.4, -0.2) is 24.6 Å². The highest BCUT2D eigenvalue weighted by atomic mass is 35.5. The zero-order valence-corrected chi connectivity index (χ0v) is 12.3. The maximum atomic E-state index is 6.07. The summed E-state index contributed by atoms with van der Waals surface area (Å²) >= 11 is 6.07. The van der Waals surface area contributed by atoms with Gasteiger partial charge in [0.2, 0.25) is 0 Å². The van der Waals surface area contributed by atoms with Gasteiger partial charge in [0.25, 0.3) is 0 Å². The quantitative estimate of drug-likeness (QED) is 0.903. The molecule has 0 radical (unpaired) electrons.